The van der Waals surface area contributed by atoms with Gasteiger partial charge in [-0.15, -0.1) is 0 Å². The van der Waals surface area contributed by atoms with Gasteiger partial charge >= 0.3 is 0 Å². The number of nitrogens with zero attached hydrogens (tertiary/aromatic N) is 4. The zero-order valence-corrected chi connectivity index (χ0v) is 18.0. The maximum absolute atomic E-state index is 12.6. The molecule has 3 rings (SSSR count). The summed E-state index contributed by atoms with van der Waals surface area (Å²) in [6.07, 6.45) is 0.502. The van der Waals surface area contributed by atoms with Gasteiger partial charge < -0.3 is 20.0 Å². The van der Waals surface area contributed by atoms with E-state index in [0.29, 0.717) is 13.0 Å². The maximum atomic E-state index is 12.6. The van der Waals surface area contributed by atoms with Crippen LogP contribution >= 0.6 is 0 Å². The van der Waals surface area contributed by atoms with E-state index in [1.165, 1.54) is 5.69 Å². The number of carbonyl (C=O) groups excluding carboxylic acids is 1. The first-order valence-electron chi connectivity index (χ1n) is 10.3. The van der Waals surface area contributed by atoms with Crippen molar-refractivity contribution < 1.29 is 4.79 Å². The summed E-state index contributed by atoms with van der Waals surface area (Å²) in [6, 6.07) is 10.4. The number of hydrogen-bond acceptors (Lipinski definition) is 3. The minimum Gasteiger partial charge on any atom is -0.368 e. The number of rotatable bonds is 4. The Morgan fingerprint density at radius 2 is 1.71 bits per heavy atom. The summed E-state index contributed by atoms with van der Waals surface area (Å²) >= 11 is 0. The normalized spacial score (nSPS) is 21.3. The molecule has 1 N–H and O–H groups in total. The lowest BCUT2D eigenvalue weighted by atomic mass is 9.65. The number of guanidine groups is 1. The molecule has 2 aliphatic rings. The van der Waals surface area contributed by atoms with Crippen molar-refractivity contribution in [1.29, 1.82) is 0 Å². The predicted molar refractivity (Wildman–Crippen MR) is 116 cm³/mol. The number of anilines is 1. The molecule has 6 nitrogen and oxygen atoms in total. The molecule has 1 aromatic rings. The van der Waals surface area contributed by atoms with Crippen molar-refractivity contribution in [3.63, 3.8) is 0 Å². The summed E-state index contributed by atoms with van der Waals surface area (Å²) in [7, 11) is 1.81. The summed E-state index contributed by atoms with van der Waals surface area (Å²) in [4.78, 5) is 23.7. The SMILES string of the molecule is CN=C(NCCC(=O)N1CCN(c2ccccc2)CC1)N1CC(C)(C)C1(C)C. The summed E-state index contributed by atoms with van der Waals surface area (Å²) in [5.74, 6) is 1.12. The number of piperazine rings is 1. The Morgan fingerprint density at radius 1 is 1.07 bits per heavy atom. The topological polar surface area (TPSA) is 51.2 Å². The highest BCUT2D eigenvalue weighted by atomic mass is 16.2. The zero-order chi connectivity index (χ0) is 20.4. The number of hydrogen-bond donors (Lipinski definition) is 1. The Balaban J connectivity index is 1.43. The van der Waals surface area contributed by atoms with E-state index in [0.717, 1.165) is 38.7 Å². The van der Waals surface area contributed by atoms with Crippen molar-refractivity contribution in [3.8, 4) is 0 Å². The molecule has 2 fully saturated rings. The first-order valence-corrected chi connectivity index (χ1v) is 10.3. The summed E-state index contributed by atoms with van der Waals surface area (Å²) in [6.45, 7) is 14.0. The zero-order valence-electron chi connectivity index (χ0n) is 18.0. The van der Waals surface area contributed by atoms with Gasteiger partial charge in [-0.05, 0) is 26.0 Å². The van der Waals surface area contributed by atoms with Crippen molar-refractivity contribution in [2.75, 3.05) is 51.2 Å². The molecular formula is C22H35N5O. The van der Waals surface area contributed by atoms with Crippen molar-refractivity contribution in [1.82, 2.24) is 15.1 Å². The van der Waals surface area contributed by atoms with Crippen LogP contribution in [0.1, 0.15) is 34.1 Å². The van der Waals surface area contributed by atoms with E-state index >= 15 is 0 Å². The van der Waals surface area contributed by atoms with Crippen molar-refractivity contribution >= 4 is 17.6 Å². The molecule has 0 bridgehead atoms. The largest absolute Gasteiger partial charge is 0.368 e. The molecule has 0 saturated carbocycles. The predicted octanol–water partition coefficient (Wildman–Crippen LogP) is 2.42. The molecule has 0 spiro atoms. The van der Waals surface area contributed by atoms with E-state index in [-0.39, 0.29) is 16.9 Å². The van der Waals surface area contributed by atoms with Gasteiger partial charge in [0, 0.05) is 69.4 Å². The number of carbonyl (C=O) groups is 1. The van der Waals surface area contributed by atoms with Crippen LogP contribution in [0.2, 0.25) is 0 Å². The first kappa shape index (κ1) is 20.5. The number of amides is 1. The number of benzene rings is 1. The molecule has 6 heteroatoms. The Bertz CT molecular complexity index is 705. The second-order valence-electron chi connectivity index (χ2n) is 8.96. The molecule has 1 aromatic carbocycles. The molecular weight excluding hydrogens is 350 g/mol. The summed E-state index contributed by atoms with van der Waals surface area (Å²) in [5.41, 5.74) is 1.56. The van der Waals surface area contributed by atoms with Crippen LogP contribution in [-0.4, -0.2) is 73.5 Å². The van der Waals surface area contributed by atoms with E-state index < -0.39 is 0 Å². The molecule has 0 aliphatic carbocycles. The lowest BCUT2D eigenvalue weighted by Gasteiger charge is -2.62. The second-order valence-corrected chi connectivity index (χ2v) is 8.96. The van der Waals surface area contributed by atoms with Gasteiger partial charge in [0.1, 0.15) is 0 Å². The van der Waals surface area contributed by atoms with Crippen LogP contribution in [-0.2, 0) is 4.79 Å². The van der Waals surface area contributed by atoms with E-state index in [2.05, 4.69) is 72.1 Å². The number of likely N-dealkylation sites (tertiary alicyclic amines) is 1. The summed E-state index contributed by atoms with van der Waals surface area (Å²) < 4.78 is 0. The average Bonchev–Trinajstić information content (AvgIpc) is 2.70. The number of nitrogens with one attached hydrogen (secondary N) is 1. The minimum atomic E-state index is 0.0621. The van der Waals surface area contributed by atoms with Gasteiger partial charge in [0.2, 0.25) is 5.91 Å². The van der Waals surface area contributed by atoms with Crippen LogP contribution in [0, 0.1) is 5.41 Å². The van der Waals surface area contributed by atoms with Crippen LogP contribution in [0.5, 0.6) is 0 Å². The summed E-state index contributed by atoms with van der Waals surface area (Å²) in [5, 5.41) is 3.39. The molecule has 28 heavy (non-hydrogen) atoms. The highest BCUT2D eigenvalue weighted by Gasteiger charge is 2.53. The molecule has 2 aliphatic heterocycles. The number of para-hydroxylation sites is 1. The van der Waals surface area contributed by atoms with Crippen molar-refractivity contribution in [3.05, 3.63) is 30.3 Å². The van der Waals surface area contributed by atoms with E-state index in [1.54, 1.807) is 0 Å². The van der Waals surface area contributed by atoms with E-state index in [1.807, 2.05) is 18.0 Å². The monoisotopic (exact) mass is 385 g/mol. The average molecular weight is 386 g/mol. The van der Waals surface area contributed by atoms with Crippen LogP contribution in [0.25, 0.3) is 0 Å². The van der Waals surface area contributed by atoms with Gasteiger partial charge in [-0.25, -0.2) is 0 Å². The molecule has 2 heterocycles. The molecule has 0 unspecified atom stereocenters. The van der Waals surface area contributed by atoms with Crippen LogP contribution in [0.4, 0.5) is 5.69 Å². The quantitative estimate of drug-likeness (QED) is 0.639. The fourth-order valence-corrected chi connectivity index (χ4v) is 3.99. The van der Waals surface area contributed by atoms with Crippen molar-refractivity contribution in [2.24, 2.45) is 10.4 Å². The molecule has 0 radical (unpaired) electrons. The van der Waals surface area contributed by atoms with Crippen LogP contribution in [0.15, 0.2) is 35.3 Å². The first-order chi connectivity index (χ1) is 13.3. The van der Waals surface area contributed by atoms with E-state index in [4.69, 9.17) is 0 Å². The third-order valence-corrected chi connectivity index (χ3v) is 6.73. The number of aliphatic imine (C=N–C) groups is 1. The van der Waals surface area contributed by atoms with Crippen LogP contribution in [0.3, 0.4) is 0 Å². The minimum absolute atomic E-state index is 0.0621. The van der Waals surface area contributed by atoms with Gasteiger partial charge in [0.25, 0.3) is 0 Å². The highest BCUT2D eigenvalue weighted by Crippen LogP contribution is 2.46. The van der Waals surface area contributed by atoms with Gasteiger partial charge in [-0.1, -0.05) is 32.0 Å². The lowest BCUT2D eigenvalue weighted by Crippen LogP contribution is -2.72. The molecule has 1 amide bonds. The molecule has 154 valence electrons. The third-order valence-electron chi connectivity index (χ3n) is 6.73. The fraction of sp³-hybridized carbons (Fsp3) is 0.636. The Kier molecular flexibility index (Phi) is 5.87. The molecule has 0 atom stereocenters. The van der Waals surface area contributed by atoms with Gasteiger partial charge in [0.05, 0.1) is 0 Å². The third kappa shape index (κ3) is 3.96. The molecule has 2 saturated heterocycles. The fourth-order valence-electron chi connectivity index (χ4n) is 3.99. The Morgan fingerprint density at radius 3 is 2.25 bits per heavy atom. The van der Waals surface area contributed by atoms with Gasteiger partial charge in [-0.3, -0.25) is 9.79 Å². The van der Waals surface area contributed by atoms with Crippen molar-refractivity contribution in [2.45, 2.75) is 39.7 Å². The standard InChI is InChI=1S/C22H35N5O/c1-21(2)17-27(22(21,3)4)20(23-5)24-12-11-19(28)26-15-13-25(14-16-26)18-9-7-6-8-10-18/h6-10H,11-17H2,1-5H3,(H,23,24). The Hall–Kier alpha value is -2.24. The van der Waals surface area contributed by atoms with Gasteiger partial charge in [0.15, 0.2) is 5.96 Å². The lowest BCUT2D eigenvalue weighted by molar-refractivity contribution is -0.131. The smallest absolute Gasteiger partial charge is 0.224 e. The van der Waals surface area contributed by atoms with Crippen LogP contribution < -0.4 is 10.2 Å². The Labute approximate surface area is 169 Å². The maximum Gasteiger partial charge on any atom is 0.224 e. The highest BCUT2D eigenvalue weighted by molar-refractivity contribution is 5.83. The second kappa shape index (κ2) is 8.02. The van der Waals surface area contributed by atoms with E-state index in [9.17, 15) is 4.79 Å². The molecule has 0 aromatic heterocycles. The van der Waals surface area contributed by atoms with Gasteiger partial charge in [-0.2, -0.15) is 0 Å².